The maximum absolute atomic E-state index is 13.0. The summed E-state index contributed by atoms with van der Waals surface area (Å²) in [4.78, 5) is 19.3. The third kappa shape index (κ3) is 2.60. The maximum Gasteiger partial charge on any atom is 0.254 e. The Labute approximate surface area is 140 Å². The lowest BCUT2D eigenvalue weighted by Gasteiger charge is -2.22. The lowest BCUT2D eigenvalue weighted by Crippen LogP contribution is -2.31. The fraction of sp³-hybridized carbons (Fsp3) is 0.500. The van der Waals surface area contributed by atoms with E-state index in [2.05, 4.69) is 10.1 Å². The Kier molecular flexibility index (Phi) is 3.84. The van der Waals surface area contributed by atoms with E-state index in [0.717, 1.165) is 24.9 Å². The summed E-state index contributed by atoms with van der Waals surface area (Å²) in [6, 6.07) is 5.74. The molecular weight excluding hydrogens is 306 g/mol. The molecule has 2 aliphatic heterocycles. The fourth-order valence-corrected chi connectivity index (χ4v) is 3.37. The second-order valence-electron chi connectivity index (χ2n) is 6.78. The molecule has 2 aromatic rings. The van der Waals surface area contributed by atoms with E-state index in [1.54, 1.807) is 0 Å². The van der Waals surface area contributed by atoms with Gasteiger partial charge in [-0.2, -0.15) is 4.98 Å². The van der Waals surface area contributed by atoms with Crippen molar-refractivity contribution in [3.63, 3.8) is 0 Å². The van der Waals surface area contributed by atoms with Crippen molar-refractivity contribution < 1.29 is 14.1 Å². The Hall–Kier alpha value is -2.21. The number of amides is 1. The number of carbonyl (C=O) groups excluding carboxylic acids is 1. The van der Waals surface area contributed by atoms with Gasteiger partial charge in [-0.1, -0.05) is 25.1 Å². The SMILES string of the molecule is CC(C)c1nc([C@@H]2CCCN2C(=O)c2ccc3c(c2)COC3)no1. The summed E-state index contributed by atoms with van der Waals surface area (Å²) in [5.41, 5.74) is 2.99. The van der Waals surface area contributed by atoms with Crippen LogP contribution in [-0.4, -0.2) is 27.5 Å². The Morgan fingerprint density at radius 3 is 2.92 bits per heavy atom. The van der Waals surface area contributed by atoms with Crippen molar-refractivity contribution in [3.8, 4) is 0 Å². The van der Waals surface area contributed by atoms with Gasteiger partial charge in [0.15, 0.2) is 5.82 Å². The van der Waals surface area contributed by atoms with Crippen LogP contribution in [0, 0.1) is 0 Å². The van der Waals surface area contributed by atoms with E-state index >= 15 is 0 Å². The highest BCUT2D eigenvalue weighted by atomic mass is 16.5. The standard InChI is InChI=1S/C18H21N3O3/c1-11(2)17-19-16(20-24-17)15-4-3-7-21(15)18(22)12-5-6-13-9-23-10-14(13)8-12/h5-6,8,11,15H,3-4,7,9-10H2,1-2H3/t15-/m0/s1. The third-order valence-electron chi connectivity index (χ3n) is 4.73. The molecule has 0 N–H and O–H groups in total. The number of ether oxygens (including phenoxy) is 1. The first-order valence-corrected chi connectivity index (χ1v) is 8.47. The first-order chi connectivity index (χ1) is 11.6. The van der Waals surface area contributed by atoms with Crippen LogP contribution in [0.4, 0.5) is 0 Å². The Morgan fingerprint density at radius 1 is 1.29 bits per heavy atom. The molecule has 6 nitrogen and oxygen atoms in total. The molecule has 1 aromatic carbocycles. The molecule has 3 heterocycles. The Bertz CT molecular complexity index is 769. The van der Waals surface area contributed by atoms with Crippen molar-refractivity contribution in [2.75, 3.05) is 6.54 Å². The molecule has 1 aromatic heterocycles. The van der Waals surface area contributed by atoms with E-state index in [1.807, 2.05) is 36.9 Å². The van der Waals surface area contributed by atoms with Gasteiger partial charge in [0.2, 0.25) is 5.89 Å². The number of carbonyl (C=O) groups is 1. The van der Waals surface area contributed by atoms with Crippen LogP contribution in [-0.2, 0) is 18.0 Å². The van der Waals surface area contributed by atoms with Gasteiger partial charge in [-0.05, 0) is 36.1 Å². The summed E-state index contributed by atoms with van der Waals surface area (Å²) in [6.07, 6.45) is 1.83. The van der Waals surface area contributed by atoms with E-state index in [0.29, 0.717) is 30.5 Å². The van der Waals surface area contributed by atoms with Crippen LogP contribution in [0.1, 0.15) is 71.8 Å². The van der Waals surface area contributed by atoms with E-state index in [9.17, 15) is 4.79 Å². The molecule has 0 radical (unpaired) electrons. The molecule has 1 amide bonds. The molecule has 126 valence electrons. The van der Waals surface area contributed by atoms with Gasteiger partial charge in [-0.15, -0.1) is 0 Å². The van der Waals surface area contributed by atoms with E-state index in [1.165, 1.54) is 5.56 Å². The van der Waals surface area contributed by atoms with Crippen LogP contribution >= 0.6 is 0 Å². The van der Waals surface area contributed by atoms with Crippen LogP contribution in [0.3, 0.4) is 0 Å². The number of hydrogen-bond acceptors (Lipinski definition) is 5. The minimum atomic E-state index is -0.0988. The smallest absolute Gasteiger partial charge is 0.254 e. The number of aromatic nitrogens is 2. The van der Waals surface area contributed by atoms with Gasteiger partial charge < -0.3 is 14.2 Å². The van der Waals surface area contributed by atoms with E-state index in [-0.39, 0.29) is 17.9 Å². The van der Waals surface area contributed by atoms with Gasteiger partial charge >= 0.3 is 0 Å². The lowest BCUT2D eigenvalue weighted by molar-refractivity contribution is 0.0728. The average molecular weight is 327 g/mol. The highest BCUT2D eigenvalue weighted by Gasteiger charge is 2.34. The van der Waals surface area contributed by atoms with Gasteiger partial charge in [-0.3, -0.25) is 4.79 Å². The summed E-state index contributed by atoms with van der Waals surface area (Å²) in [6.45, 7) is 5.98. The van der Waals surface area contributed by atoms with Crippen LogP contribution in [0.25, 0.3) is 0 Å². The van der Waals surface area contributed by atoms with Crippen molar-refractivity contribution in [1.82, 2.24) is 15.0 Å². The van der Waals surface area contributed by atoms with Gasteiger partial charge in [-0.25, -0.2) is 0 Å². The van der Waals surface area contributed by atoms with Crippen molar-refractivity contribution in [3.05, 3.63) is 46.6 Å². The largest absolute Gasteiger partial charge is 0.372 e. The van der Waals surface area contributed by atoms with E-state index in [4.69, 9.17) is 9.26 Å². The maximum atomic E-state index is 13.0. The molecule has 24 heavy (non-hydrogen) atoms. The minimum Gasteiger partial charge on any atom is -0.372 e. The zero-order valence-electron chi connectivity index (χ0n) is 14.0. The molecule has 1 fully saturated rings. The second kappa shape index (κ2) is 6.02. The molecular formula is C18H21N3O3. The number of likely N-dealkylation sites (tertiary alicyclic amines) is 1. The van der Waals surface area contributed by atoms with Gasteiger partial charge in [0.1, 0.15) is 0 Å². The topological polar surface area (TPSA) is 68.5 Å². The summed E-state index contributed by atoms with van der Waals surface area (Å²) in [5.74, 6) is 1.46. The molecule has 0 aliphatic carbocycles. The molecule has 0 saturated carbocycles. The van der Waals surface area contributed by atoms with Crippen molar-refractivity contribution >= 4 is 5.91 Å². The predicted octanol–water partition coefficient (Wildman–Crippen LogP) is 3.20. The average Bonchev–Trinajstić information content (AvgIpc) is 3.31. The molecule has 0 unspecified atom stereocenters. The van der Waals surface area contributed by atoms with Gasteiger partial charge in [0, 0.05) is 18.0 Å². The van der Waals surface area contributed by atoms with E-state index < -0.39 is 0 Å². The summed E-state index contributed by atoms with van der Waals surface area (Å²) in [7, 11) is 0. The quantitative estimate of drug-likeness (QED) is 0.866. The van der Waals surface area contributed by atoms with Crippen molar-refractivity contribution in [2.24, 2.45) is 0 Å². The molecule has 0 spiro atoms. The normalized spacial score (nSPS) is 20.0. The van der Waals surface area contributed by atoms with Crippen LogP contribution in [0.15, 0.2) is 22.7 Å². The Balaban J connectivity index is 1.58. The summed E-state index contributed by atoms with van der Waals surface area (Å²) >= 11 is 0. The third-order valence-corrected chi connectivity index (χ3v) is 4.73. The number of fused-ring (bicyclic) bond motifs is 1. The highest BCUT2D eigenvalue weighted by Crippen LogP contribution is 2.33. The number of rotatable bonds is 3. The Morgan fingerprint density at radius 2 is 2.12 bits per heavy atom. The monoisotopic (exact) mass is 327 g/mol. The van der Waals surface area contributed by atoms with Gasteiger partial charge in [0.25, 0.3) is 5.91 Å². The first kappa shape index (κ1) is 15.3. The highest BCUT2D eigenvalue weighted by molar-refractivity contribution is 5.95. The van der Waals surface area contributed by atoms with Crippen LogP contribution in [0.5, 0.6) is 0 Å². The summed E-state index contributed by atoms with van der Waals surface area (Å²) in [5, 5.41) is 4.10. The summed E-state index contributed by atoms with van der Waals surface area (Å²) < 4.78 is 10.8. The zero-order valence-corrected chi connectivity index (χ0v) is 14.0. The predicted molar refractivity (Wildman–Crippen MR) is 86.3 cm³/mol. The fourth-order valence-electron chi connectivity index (χ4n) is 3.37. The molecule has 2 aliphatic rings. The molecule has 4 rings (SSSR count). The lowest BCUT2D eigenvalue weighted by atomic mass is 10.1. The second-order valence-corrected chi connectivity index (χ2v) is 6.78. The van der Waals surface area contributed by atoms with Crippen LogP contribution < -0.4 is 0 Å². The zero-order chi connectivity index (χ0) is 16.7. The molecule has 0 bridgehead atoms. The molecule has 1 atom stereocenters. The molecule has 6 heteroatoms. The first-order valence-electron chi connectivity index (χ1n) is 8.47. The van der Waals surface area contributed by atoms with Crippen LogP contribution in [0.2, 0.25) is 0 Å². The number of benzene rings is 1. The molecule has 1 saturated heterocycles. The number of hydrogen-bond donors (Lipinski definition) is 0. The number of nitrogens with zero attached hydrogens (tertiary/aromatic N) is 3. The minimum absolute atomic E-state index is 0.0306. The van der Waals surface area contributed by atoms with Gasteiger partial charge in [0.05, 0.1) is 19.3 Å². The van der Waals surface area contributed by atoms with Crippen molar-refractivity contribution in [2.45, 2.75) is 51.9 Å². The van der Waals surface area contributed by atoms with Crippen molar-refractivity contribution in [1.29, 1.82) is 0 Å².